The Labute approximate surface area is 169 Å². The van der Waals surface area contributed by atoms with Crippen LogP contribution in [-0.2, 0) is 6.42 Å². The number of Topliss-reactive ketones (excluding diaryl/α,β-unsaturated/α-hetero) is 1. The molecule has 0 aliphatic heterocycles. The molecule has 3 heterocycles. The summed E-state index contributed by atoms with van der Waals surface area (Å²) < 4.78 is 3.90. The summed E-state index contributed by atoms with van der Waals surface area (Å²) in [5.41, 5.74) is 3.48. The van der Waals surface area contributed by atoms with Crippen LogP contribution in [-0.4, -0.2) is 35.1 Å². The van der Waals surface area contributed by atoms with Gasteiger partial charge >= 0.3 is 0 Å². The minimum Gasteiger partial charge on any atom is -0.328 e. The Bertz CT molecular complexity index is 1170. The van der Waals surface area contributed by atoms with Gasteiger partial charge in [-0.1, -0.05) is 12.1 Å². The summed E-state index contributed by atoms with van der Waals surface area (Å²) in [6.07, 6.45) is 9.00. The lowest BCUT2D eigenvalue weighted by molar-refractivity contribution is 0.0991. The molecule has 0 atom stereocenters. The molecule has 0 fully saturated rings. The van der Waals surface area contributed by atoms with E-state index in [-0.39, 0.29) is 18.2 Å². The van der Waals surface area contributed by atoms with Crippen molar-refractivity contribution in [1.29, 1.82) is 0 Å². The Morgan fingerprint density at radius 3 is 2.62 bits per heavy atom. The van der Waals surface area contributed by atoms with E-state index >= 15 is 0 Å². The van der Waals surface area contributed by atoms with Gasteiger partial charge in [0.15, 0.2) is 5.78 Å². The molecule has 29 heavy (non-hydrogen) atoms. The van der Waals surface area contributed by atoms with Gasteiger partial charge in [-0.3, -0.25) is 9.48 Å². The number of hydrogen-bond acceptors (Lipinski definition) is 5. The lowest BCUT2D eigenvalue weighted by atomic mass is 10.1. The molecular formula is C22H24N6O. The molecule has 0 bridgehead atoms. The lowest BCUT2D eigenvalue weighted by Crippen LogP contribution is -2.07. The Morgan fingerprint density at radius 2 is 1.90 bits per heavy atom. The van der Waals surface area contributed by atoms with Crippen LogP contribution in [0.5, 0.6) is 0 Å². The highest BCUT2D eigenvalue weighted by Crippen LogP contribution is 2.25. The standard InChI is InChI=1S/C22H24N6O/c1-14(2)27-13-23-11-20(27)16-5-6-17-9-24-22(26-19(17)7-16)8-21(29)18-10-25-28(12-18)15(3)4/h5-7,9-15H,8H2,1-4H3. The monoisotopic (exact) mass is 388 g/mol. The van der Waals surface area contributed by atoms with E-state index < -0.39 is 0 Å². The van der Waals surface area contributed by atoms with Gasteiger partial charge in [0.25, 0.3) is 0 Å². The number of benzene rings is 1. The second kappa shape index (κ2) is 7.58. The highest BCUT2D eigenvalue weighted by molar-refractivity contribution is 5.97. The number of nitrogens with zero attached hydrogens (tertiary/aromatic N) is 6. The van der Waals surface area contributed by atoms with E-state index in [1.54, 1.807) is 23.3 Å². The molecule has 3 aromatic heterocycles. The van der Waals surface area contributed by atoms with Gasteiger partial charge in [0, 0.05) is 35.4 Å². The first kappa shape index (κ1) is 19.0. The third kappa shape index (κ3) is 3.81. The molecule has 0 saturated carbocycles. The first-order valence-electron chi connectivity index (χ1n) is 9.77. The number of carbonyl (C=O) groups excluding carboxylic acids is 1. The number of ketones is 1. The van der Waals surface area contributed by atoms with Crippen molar-refractivity contribution in [3.8, 4) is 11.3 Å². The number of aromatic nitrogens is 6. The van der Waals surface area contributed by atoms with Gasteiger partial charge in [0.05, 0.1) is 41.9 Å². The molecular weight excluding hydrogens is 364 g/mol. The van der Waals surface area contributed by atoms with E-state index in [9.17, 15) is 4.79 Å². The van der Waals surface area contributed by atoms with Crippen LogP contribution in [0.3, 0.4) is 0 Å². The maximum Gasteiger partial charge on any atom is 0.173 e. The van der Waals surface area contributed by atoms with Gasteiger partial charge < -0.3 is 4.57 Å². The Kier molecular flexibility index (Phi) is 4.96. The number of rotatable bonds is 6. The van der Waals surface area contributed by atoms with Gasteiger partial charge in [-0.05, 0) is 33.8 Å². The maximum absolute atomic E-state index is 12.6. The topological polar surface area (TPSA) is 78.5 Å². The largest absolute Gasteiger partial charge is 0.328 e. The average Bonchev–Trinajstić information content (AvgIpc) is 3.37. The van der Waals surface area contributed by atoms with Crippen molar-refractivity contribution in [2.24, 2.45) is 0 Å². The van der Waals surface area contributed by atoms with Crippen molar-refractivity contribution >= 4 is 16.7 Å². The van der Waals surface area contributed by atoms with Gasteiger partial charge in [0.2, 0.25) is 0 Å². The molecule has 0 aliphatic rings. The molecule has 0 unspecified atom stereocenters. The van der Waals surface area contributed by atoms with Crippen molar-refractivity contribution < 1.29 is 4.79 Å². The van der Waals surface area contributed by atoms with Gasteiger partial charge in [-0.15, -0.1) is 0 Å². The van der Waals surface area contributed by atoms with Crippen LogP contribution in [0.15, 0.2) is 49.3 Å². The summed E-state index contributed by atoms with van der Waals surface area (Å²) in [5.74, 6) is 0.472. The molecule has 4 rings (SSSR count). The van der Waals surface area contributed by atoms with Crippen molar-refractivity contribution in [2.45, 2.75) is 46.2 Å². The fourth-order valence-corrected chi connectivity index (χ4v) is 3.26. The highest BCUT2D eigenvalue weighted by atomic mass is 16.1. The van der Waals surface area contributed by atoms with Crippen molar-refractivity contribution in [1.82, 2.24) is 29.3 Å². The van der Waals surface area contributed by atoms with E-state index in [0.717, 1.165) is 22.2 Å². The zero-order valence-electron chi connectivity index (χ0n) is 17.1. The van der Waals surface area contributed by atoms with Crippen molar-refractivity contribution in [2.75, 3.05) is 0 Å². The predicted molar refractivity (Wildman–Crippen MR) is 112 cm³/mol. The third-order valence-corrected chi connectivity index (χ3v) is 4.92. The van der Waals surface area contributed by atoms with E-state index in [1.165, 1.54) is 0 Å². The van der Waals surface area contributed by atoms with E-state index in [4.69, 9.17) is 0 Å². The Balaban J connectivity index is 1.62. The molecule has 7 heteroatoms. The molecule has 0 amide bonds. The second-order valence-electron chi connectivity index (χ2n) is 7.74. The maximum atomic E-state index is 12.6. The van der Waals surface area contributed by atoms with Crippen LogP contribution in [0, 0.1) is 0 Å². The average molecular weight is 388 g/mol. The molecule has 0 N–H and O–H groups in total. The minimum atomic E-state index is -0.0368. The minimum absolute atomic E-state index is 0.0368. The first-order chi connectivity index (χ1) is 13.9. The van der Waals surface area contributed by atoms with E-state index in [0.29, 0.717) is 17.4 Å². The molecule has 148 valence electrons. The van der Waals surface area contributed by atoms with Gasteiger partial charge in [0.1, 0.15) is 5.82 Å². The van der Waals surface area contributed by atoms with Crippen molar-refractivity contribution in [3.05, 3.63) is 60.7 Å². The highest BCUT2D eigenvalue weighted by Gasteiger charge is 2.14. The lowest BCUT2D eigenvalue weighted by Gasteiger charge is -2.12. The van der Waals surface area contributed by atoms with Crippen LogP contribution in [0.1, 0.15) is 56.0 Å². The summed E-state index contributed by atoms with van der Waals surface area (Å²) >= 11 is 0. The second-order valence-corrected chi connectivity index (χ2v) is 7.74. The summed E-state index contributed by atoms with van der Waals surface area (Å²) in [6, 6.07) is 6.60. The van der Waals surface area contributed by atoms with Crippen LogP contribution >= 0.6 is 0 Å². The quantitative estimate of drug-likeness (QED) is 0.461. The number of fused-ring (bicyclic) bond motifs is 1. The smallest absolute Gasteiger partial charge is 0.173 e. The number of carbonyl (C=O) groups is 1. The summed E-state index contributed by atoms with van der Waals surface area (Å²) in [7, 11) is 0. The molecule has 1 aromatic carbocycles. The van der Waals surface area contributed by atoms with Crippen LogP contribution in [0.4, 0.5) is 0 Å². The van der Waals surface area contributed by atoms with E-state index in [2.05, 4.69) is 38.5 Å². The zero-order valence-corrected chi connectivity index (χ0v) is 17.1. The summed E-state index contributed by atoms with van der Waals surface area (Å²) in [4.78, 5) is 25.9. The fourth-order valence-electron chi connectivity index (χ4n) is 3.26. The van der Waals surface area contributed by atoms with Gasteiger partial charge in [-0.2, -0.15) is 5.10 Å². The zero-order chi connectivity index (χ0) is 20.5. The molecule has 0 aliphatic carbocycles. The summed E-state index contributed by atoms with van der Waals surface area (Å²) in [6.45, 7) is 8.30. The molecule has 0 radical (unpaired) electrons. The van der Waals surface area contributed by atoms with Crippen molar-refractivity contribution in [3.63, 3.8) is 0 Å². The van der Waals surface area contributed by atoms with Crippen LogP contribution in [0.2, 0.25) is 0 Å². The fraction of sp³-hybridized carbons (Fsp3) is 0.318. The normalized spacial score (nSPS) is 11.7. The number of hydrogen-bond donors (Lipinski definition) is 0. The number of imidazole rings is 1. The predicted octanol–water partition coefficient (Wildman–Crippen LogP) is 4.28. The SMILES string of the molecule is CC(C)n1cc(C(=O)Cc2ncc3ccc(-c4cncn4C(C)C)cc3n2)cn1. The molecule has 0 spiro atoms. The van der Waals surface area contributed by atoms with Crippen LogP contribution < -0.4 is 0 Å². The van der Waals surface area contributed by atoms with E-state index in [1.807, 2.05) is 44.6 Å². The molecule has 0 saturated heterocycles. The van der Waals surface area contributed by atoms with Gasteiger partial charge in [-0.25, -0.2) is 15.0 Å². The Hall–Kier alpha value is -3.35. The molecule has 7 nitrogen and oxygen atoms in total. The Morgan fingerprint density at radius 1 is 1.07 bits per heavy atom. The first-order valence-corrected chi connectivity index (χ1v) is 9.77. The van der Waals surface area contributed by atoms with Crippen LogP contribution in [0.25, 0.3) is 22.2 Å². The summed E-state index contributed by atoms with van der Waals surface area (Å²) in [5, 5.41) is 5.18. The third-order valence-electron chi connectivity index (χ3n) is 4.92. The molecule has 4 aromatic rings.